The lowest BCUT2D eigenvalue weighted by Gasteiger charge is -2.15. The summed E-state index contributed by atoms with van der Waals surface area (Å²) in [6.07, 6.45) is -1.88. The largest absolute Gasteiger partial charge is 0.504 e. The monoisotopic (exact) mass is 239 g/mol. The van der Waals surface area contributed by atoms with Crippen molar-refractivity contribution in [3.05, 3.63) is 23.8 Å². The molecule has 0 radical (unpaired) electrons. The lowest BCUT2D eigenvalue weighted by Crippen LogP contribution is -2.29. The van der Waals surface area contributed by atoms with E-state index in [9.17, 15) is 20.1 Å². The molecule has 1 aromatic carbocycles. The second-order valence-corrected chi connectivity index (χ2v) is 4.05. The van der Waals surface area contributed by atoms with Gasteiger partial charge in [-0.2, -0.15) is 0 Å². The molecule has 1 heterocycles. The lowest BCUT2D eigenvalue weighted by molar-refractivity contribution is 0.0572. The smallest absolute Gasteiger partial charge is 0.254 e. The zero-order chi connectivity index (χ0) is 12.6. The second kappa shape index (κ2) is 4.23. The van der Waals surface area contributed by atoms with E-state index < -0.39 is 18.1 Å². The van der Waals surface area contributed by atoms with E-state index in [0.29, 0.717) is 0 Å². The molecule has 1 saturated heterocycles. The molecule has 1 aromatic rings. The molecule has 17 heavy (non-hydrogen) atoms. The highest BCUT2D eigenvalue weighted by Crippen LogP contribution is 2.26. The Labute approximate surface area is 97.3 Å². The normalized spacial score (nSPS) is 24.0. The highest BCUT2D eigenvalue weighted by molar-refractivity contribution is 5.95. The van der Waals surface area contributed by atoms with Crippen LogP contribution in [-0.4, -0.2) is 56.5 Å². The van der Waals surface area contributed by atoms with Crippen LogP contribution in [0.25, 0.3) is 0 Å². The molecule has 6 nitrogen and oxygen atoms in total. The Morgan fingerprint density at radius 3 is 2.24 bits per heavy atom. The number of phenolic OH excluding ortho intramolecular Hbond substituents is 2. The van der Waals surface area contributed by atoms with Gasteiger partial charge in [0, 0.05) is 18.7 Å². The van der Waals surface area contributed by atoms with Crippen LogP contribution in [0.15, 0.2) is 18.2 Å². The SMILES string of the molecule is O=C(c1ccc(O)c(O)c1)N1CC(O)C(O)C1. The number of likely N-dealkylation sites (tertiary alicyclic amines) is 1. The van der Waals surface area contributed by atoms with Crippen molar-refractivity contribution in [3.8, 4) is 11.5 Å². The third-order valence-electron chi connectivity index (χ3n) is 2.77. The first kappa shape index (κ1) is 11.7. The number of rotatable bonds is 1. The van der Waals surface area contributed by atoms with Crippen molar-refractivity contribution < 1.29 is 25.2 Å². The highest BCUT2D eigenvalue weighted by Gasteiger charge is 2.33. The summed E-state index contributed by atoms with van der Waals surface area (Å²) in [5.41, 5.74) is 0.196. The van der Waals surface area contributed by atoms with Crippen LogP contribution in [0.1, 0.15) is 10.4 Å². The van der Waals surface area contributed by atoms with E-state index in [1.165, 1.54) is 17.0 Å². The molecule has 2 rings (SSSR count). The van der Waals surface area contributed by atoms with Crippen molar-refractivity contribution in [2.75, 3.05) is 13.1 Å². The summed E-state index contributed by atoms with van der Waals surface area (Å²) in [5.74, 6) is -1.09. The molecule has 0 aliphatic carbocycles. The van der Waals surface area contributed by atoms with Gasteiger partial charge in [0.25, 0.3) is 5.91 Å². The van der Waals surface area contributed by atoms with Gasteiger partial charge in [0.05, 0.1) is 12.2 Å². The minimum atomic E-state index is -0.940. The number of amides is 1. The molecule has 92 valence electrons. The van der Waals surface area contributed by atoms with Gasteiger partial charge in [0.1, 0.15) is 0 Å². The van der Waals surface area contributed by atoms with Crippen molar-refractivity contribution in [3.63, 3.8) is 0 Å². The Kier molecular flexibility index (Phi) is 2.91. The molecule has 6 heteroatoms. The number of carbonyl (C=O) groups excluding carboxylic acids is 1. The van der Waals surface area contributed by atoms with E-state index in [4.69, 9.17) is 5.11 Å². The van der Waals surface area contributed by atoms with Gasteiger partial charge in [-0.25, -0.2) is 0 Å². The van der Waals surface area contributed by atoms with E-state index in [2.05, 4.69) is 0 Å². The molecule has 0 aromatic heterocycles. The molecule has 0 spiro atoms. The van der Waals surface area contributed by atoms with E-state index in [1.54, 1.807) is 0 Å². The Morgan fingerprint density at radius 2 is 1.71 bits per heavy atom. The Hall–Kier alpha value is -1.79. The van der Waals surface area contributed by atoms with Gasteiger partial charge in [0.15, 0.2) is 11.5 Å². The number of benzene rings is 1. The standard InChI is InChI=1S/C11H13NO5/c13-7-2-1-6(3-8(7)14)11(17)12-4-9(15)10(16)5-12/h1-3,9-10,13-16H,4-5H2. The van der Waals surface area contributed by atoms with Crippen LogP contribution in [0.3, 0.4) is 0 Å². The summed E-state index contributed by atoms with van der Waals surface area (Å²) >= 11 is 0. The summed E-state index contributed by atoms with van der Waals surface area (Å²) < 4.78 is 0. The van der Waals surface area contributed by atoms with E-state index in [-0.39, 0.29) is 30.2 Å². The zero-order valence-corrected chi connectivity index (χ0v) is 8.95. The summed E-state index contributed by atoms with van der Waals surface area (Å²) in [5, 5.41) is 37.1. The number of nitrogens with zero attached hydrogens (tertiary/aromatic N) is 1. The first-order valence-corrected chi connectivity index (χ1v) is 5.16. The van der Waals surface area contributed by atoms with E-state index >= 15 is 0 Å². The van der Waals surface area contributed by atoms with Gasteiger partial charge in [-0.05, 0) is 18.2 Å². The van der Waals surface area contributed by atoms with E-state index in [0.717, 1.165) is 6.07 Å². The minimum Gasteiger partial charge on any atom is -0.504 e. The Bertz CT molecular complexity index is 437. The fraction of sp³-hybridized carbons (Fsp3) is 0.364. The molecule has 1 fully saturated rings. The number of aliphatic hydroxyl groups is 2. The summed E-state index contributed by atoms with van der Waals surface area (Å²) in [6.45, 7) is 0.114. The van der Waals surface area contributed by atoms with Crippen LogP contribution in [0, 0.1) is 0 Å². The molecule has 4 N–H and O–H groups in total. The van der Waals surface area contributed by atoms with E-state index in [1.807, 2.05) is 0 Å². The Balaban J connectivity index is 2.17. The van der Waals surface area contributed by atoms with Gasteiger partial charge >= 0.3 is 0 Å². The van der Waals surface area contributed by atoms with Crippen LogP contribution in [-0.2, 0) is 0 Å². The van der Waals surface area contributed by atoms with Crippen molar-refractivity contribution in [1.29, 1.82) is 0 Å². The number of β-amino-alcohol motifs (C(OH)–C–C–N with tert-alkyl or cyclic N) is 2. The van der Waals surface area contributed by atoms with Crippen molar-refractivity contribution in [2.45, 2.75) is 12.2 Å². The molecular weight excluding hydrogens is 226 g/mol. The Morgan fingerprint density at radius 1 is 1.12 bits per heavy atom. The predicted octanol–water partition coefficient (Wildman–Crippen LogP) is -0.725. The molecule has 1 aliphatic rings. The number of phenols is 2. The maximum atomic E-state index is 11.9. The van der Waals surface area contributed by atoms with Crippen molar-refractivity contribution in [2.24, 2.45) is 0 Å². The fourth-order valence-electron chi connectivity index (χ4n) is 1.77. The quantitative estimate of drug-likeness (QED) is 0.484. The van der Waals surface area contributed by atoms with Crippen LogP contribution >= 0.6 is 0 Å². The average molecular weight is 239 g/mol. The molecule has 1 amide bonds. The fourth-order valence-corrected chi connectivity index (χ4v) is 1.77. The van der Waals surface area contributed by atoms with Crippen LogP contribution < -0.4 is 0 Å². The third-order valence-corrected chi connectivity index (χ3v) is 2.77. The predicted molar refractivity (Wildman–Crippen MR) is 57.7 cm³/mol. The third kappa shape index (κ3) is 2.17. The average Bonchev–Trinajstić information content (AvgIpc) is 2.62. The molecule has 0 bridgehead atoms. The number of aliphatic hydroxyl groups excluding tert-OH is 2. The van der Waals surface area contributed by atoms with Gasteiger partial charge < -0.3 is 25.3 Å². The summed E-state index contributed by atoms with van der Waals surface area (Å²) in [4.78, 5) is 13.2. The second-order valence-electron chi connectivity index (χ2n) is 4.05. The molecule has 2 atom stereocenters. The van der Waals surface area contributed by atoms with Crippen LogP contribution in [0.2, 0.25) is 0 Å². The first-order chi connectivity index (χ1) is 7.99. The van der Waals surface area contributed by atoms with Crippen molar-refractivity contribution >= 4 is 5.91 Å². The molecule has 1 aliphatic heterocycles. The van der Waals surface area contributed by atoms with Gasteiger partial charge in [0.2, 0.25) is 0 Å². The number of aromatic hydroxyl groups is 2. The van der Waals surface area contributed by atoms with Gasteiger partial charge in [-0.15, -0.1) is 0 Å². The lowest BCUT2D eigenvalue weighted by atomic mass is 10.2. The highest BCUT2D eigenvalue weighted by atomic mass is 16.3. The van der Waals surface area contributed by atoms with Crippen LogP contribution in [0.4, 0.5) is 0 Å². The molecule has 0 saturated carbocycles. The summed E-state index contributed by atoms with van der Waals surface area (Å²) in [6, 6.07) is 3.73. The maximum Gasteiger partial charge on any atom is 0.254 e. The van der Waals surface area contributed by atoms with Crippen LogP contribution in [0.5, 0.6) is 11.5 Å². The van der Waals surface area contributed by atoms with Crippen molar-refractivity contribution in [1.82, 2.24) is 4.90 Å². The summed E-state index contributed by atoms with van der Waals surface area (Å²) in [7, 11) is 0. The minimum absolute atomic E-state index is 0.0572. The number of hydrogen-bond donors (Lipinski definition) is 4. The zero-order valence-electron chi connectivity index (χ0n) is 8.95. The van der Waals surface area contributed by atoms with Gasteiger partial charge in [-0.1, -0.05) is 0 Å². The number of carbonyl (C=O) groups is 1. The number of hydrogen-bond acceptors (Lipinski definition) is 5. The molecular formula is C11H13NO5. The topological polar surface area (TPSA) is 101 Å². The molecule has 2 unspecified atom stereocenters. The van der Waals surface area contributed by atoms with Gasteiger partial charge in [-0.3, -0.25) is 4.79 Å². The first-order valence-electron chi connectivity index (χ1n) is 5.16. The maximum absolute atomic E-state index is 11.9.